The molecule has 0 radical (unpaired) electrons. The largest absolute Gasteiger partial charge is 0.276 e. The van der Waals surface area contributed by atoms with Crippen LogP contribution in [-0.4, -0.2) is 10.2 Å². The molecule has 0 amide bonds. The van der Waals surface area contributed by atoms with E-state index in [-0.39, 0.29) is 0 Å². The fraction of sp³-hybridized carbons (Fsp3) is 0.200. The lowest BCUT2D eigenvalue weighted by Gasteiger charge is -2.11. The lowest BCUT2D eigenvalue weighted by Crippen LogP contribution is -1.96. The van der Waals surface area contributed by atoms with Crippen molar-refractivity contribution in [3.05, 3.63) is 65.7 Å². The molecule has 0 aliphatic heterocycles. The minimum absolute atomic E-state index is 0.457. The van der Waals surface area contributed by atoms with Crippen LogP contribution in [0.1, 0.15) is 42.1 Å². The summed E-state index contributed by atoms with van der Waals surface area (Å²) in [5.74, 6) is 0.536. The molecular weight excluding hydrogens is 306 g/mol. The van der Waals surface area contributed by atoms with Crippen molar-refractivity contribution in [2.45, 2.75) is 26.2 Å². The van der Waals surface area contributed by atoms with Crippen molar-refractivity contribution in [1.82, 2.24) is 4.98 Å². The minimum Gasteiger partial charge on any atom is -0.276 e. The summed E-state index contributed by atoms with van der Waals surface area (Å²) in [6.45, 7) is 4.40. The van der Waals surface area contributed by atoms with Crippen LogP contribution < -0.4 is 0 Å². The van der Waals surface area contributed by atoms with Gasteiger partial charge in [0, 0.05) is 16.5 Å². The molecule has 2 nitrogen and oxygen atoms in total. The van der Waals surface area contributed by atoms with Crippen molar-refractivity contribution in [1.29, 1.82) is 0 Å². The summed E-state index contributed by atoms with van der Waals surface area (Å²) in [7, 11) is 0. The number of hydrogen-bond acceptors (Lipinski definition) is 2. The van der Waals surface area contributed by atoms with Crippen LogP contribution in [0.4, 0.5) is 0 Å². The molecule has 1 atom stereocenters. The van der Waals surface area contributed by atoms with E-state index in [1.54, 1.807) is 6.07 Å². The monoisotopic (exact) mass is 323 g/mol. The number of hydrogen-bond donors (Lipinski definition) is 0. The highest BCUT2D eigenvalue weighted by atomic mass is 35.5. The Morgan fingerprint density at radius 1 is 1.13 bits per heavy atom. The van der Waals surface area contributed by atoms with Gasteiger partial charge >= 0.3 is 0 Å². The molecule has 2 aromatic carbocycles. The minimum atomic E-state index is -0.457. The Balaban J connectivity index is 2.11. The molecule has 3 rings (SSSR count). The first-order chi connectivity index (χ1) is 11.1. The van der Waals surface area contributed by atoms with Gasteiger partial charge in [0.1, 0.15) is 0 Å². The highest BCUT2D eigenvalue weighted by molar-refractivity contribution is 6.68. The second-order valence-corrected chi connectivity index (χ2v) is 6.12. The second-order valence-electron chi connectivity index (χ2n) is 5.78. The zero-order chi connectivity index (χ0) is 16.4. The van der Waals surface area contributed by atoms with Gasteiger partial charge in [-0.25, -0.2) is 4.98 Å². The molecule has 0 aliphatic carbocycles. The summed E-state index contributed by atoms with van der Waals surface area (Å²) in [4.78, 5) is 16.4. The van der Waals surface area contributed by atoms with E-state index in [1.165, 1.54) is 5.56 Å². The van der Waals surface area contributed by atoms with E-state index in [4.69, 9.17) is 11.6 Å². The fourth-order valence-corrected chi connectivity index (χ4v) is 2.86. The van der Waals surface area contributed by atoms with E-state index in [0.717, 1.165) is 28.6 Å². The topological polar surface area (TPSA) is 30.0 Å². The van der Waals surface area contributed by atoms with E-state index in [9.17, 15) is 4.79 Å². The standard InChI is InChI=1S/C20H18ClNO/c1-3-13(2)14-8-10-15(11-9-14)19-12-17(20(21)23)16-6-4-5-7-18(16)22-19/h4-13H,3H2,1-2H3. The Morgan fingerprint density at radius 3 is 2.48 bits per heavy atom. The molecule has 1 unspecified atom stereocenters. The molecule has 1 aromatic heterocycles. The number of fused-ring (bicyclic) bond motifs is 1. The maximum Gasteiger partial charge on any atom is 0.253 e. The van der Waals surface area contributed by atoms with Gasteiger partial charge < -0.3 is 0 Å². The predicted molar refractivity (Wildman–Crippen MR) is 96.1 cm³/mol. The number of para-hydroxylation sites is 1. The zero-order valence-electron chi connectivity index (χ0n) is 13.2. The molecule has 0 saturated heterocycles. The van der Waals surface area contributed by atoms with E-state index < -0.39 is 5.24 Å². The summed E-state index contributed by atoms with van der Waals surface area (Å²) in [5.41, 5.74) is 4.34. The van der Waals surface area contributed by atoms with E-state index in [1.807, 2.05) is 24.3 Å². The molecule has 23 heavy (non-hydrogen) atoms. The van der Waals surface area contributed by atoms with Gasteiger partial charge in [-0.15, -0.1) is 0 Å². The molecule has 116 valence electrons. The van der Waals surface area contributed by atoms with Crippen molar-refractivity contribution < 1.29 is 4.79 Å². The summed E-state index contributed by atoms with van der Waals surface area (Å²) in [6.07, 6.45) is 1.11. The van der Waals surface area contributed by atoms with Crippen molar-refractivity contribution >= 4 is 27.7 Å². The number of carbonyl (C=O) groups is 1. The van der Waals surface area contributed by atoms with Gasteiger partial charge in [-0.3, -0.25) is 4.79 Å². The fourth-order valence-electron chi connectivity index (χ4n) is 2.70. The van der Waals surface area contributed by atoms with Gasteiger partial charge in [-0.2, -0.15) is 0 Å². The molecule has 0 aliphatic rings. The van der Waals surface area contributed by atoms with Crippen molar-refractivity contribution in [2.24, 2.45) is 0 Å². The maximum absolute atomic E-state index is 11.8. The molecule has 0 spiro atoms. The smallest absolute Gasteiger partial charge is 0.253 e. The van der Waals surface area contributed by atoms with Crippen LogP contribution in [0.5, 0.6) is 0 Å². The number of carbonyl (C=O) groups excluding carboxylic acids is 1. The molecule has 0 fully saturated rings. The van der Waals surface area contributed by atoms with E-state index >= 15 is 0 Å². The van der Waals surface area contributed by atoms with Gasteiger partial charge in [0.25, 0.3) is 5.24 Å². The highest BCUT2D eigenvalue weighted by Crippen LogP contribution is 2.27. The molecule has 3 aromatic rings. The third-order valence-electron chi connectivity index (χ3n) is 4.32. The van der Waals surface area contributed by atoms with Crippen molar-refractivity contribution in [2.75, 3.05) is 0 Å². The van der Waals surface area contributed by atoms with Crippen molar-refractivity contribution in [3.8, 4) is 11.3 Å². The number of halogens is 1. The highest BCUT2D eigenvalue weighted by Gasteiger charge is 2.12. The van der Waals surface area contributed by atoms with Gasteiger partial charge in [0.15, 0.2) is 0 Å². The van der Waals surface area contributed by atoms with Crippen LogP contribution in [0.15, 0.2) is 54.6 Å². The number of rotatable bonds is 4. The average molecular weight is 324 g/mol. The molecule has 0 bridgehead atoms. The zero-order valence-corrected chi connectivity index (χ0v) is 14.0. The van der Waals surface area contributed by atoms with Crippen molar-refractivity contribution in [3.63, 3.8) is 0 Å². The molecular formula is C20H18ClNO. The van der Waals surface area contributed by atoms with Crippen LogP contribution in [0.3, 0.4) is 0 Å². The second kappa shape index (κ2) is 6.51. The molecule has 3 heteroatoms. The Hall–Kier alpha value is -2.19. The number of pyridine rings is 1. The Morgan fingerprint density at radius 2 is 1.83 bits per heavy atom. The Labute approximate surface area is 141 Å². The summed E-state index contributed by atoms with van der Waals surface area (Å²) in [6, 6.07) is 17.7. The van der Waals surface area contributed by atoms with Crippen LogP contribution in [0.25, 0.3) is 22.2 Å². The first kappa shape index (κ1) is 15.7. The predicted octanol–water partition coefficient (Wildman–Crippen LogP) is 5.79. The number of benzene rings is 2. The van der Waals surface area contributed by atoms with Crippen LogP contribution in [-0.2, 0) is 0 Å². The van der Waals surface area contributed by atoms with E-state index in [2.05, 4.69) is 43.1 Å². The third kappa shape index (κ3) is 3.13. The SMILES string of the molecule is CCC(C)c1ccc(-c2cc(C(=O)Cl)c3ccccc3n2)cc1. The molecule has 0 saturated carbocycles. The Kier molecular flexibility index (Phi) is 4.44. The Bertz CT molecular complexity index is 855. The van der Waals surface area contributed by atoms with Gasteiger partial charge in [-0.05, 0) is 41.6 Å². The lowest BCUT2D eigenvalue weighted by molar-refractivity contribution is 0.108. The summed E-state index contributed by atoms with van der Waals surface area (Å²) >= 11 is 5.76. The lowest BCUT2D eigenvalue weighted by atomic mass is 9.96. The average Bonchev–Trinajstić information content (AvgIpc) is 2.60. The molecule has 0 N–H and O–H groups in total. The van der Waals surface area contributed by atoms with Gasteiger partial charge in [-0.1, -0.05) is 56.3 Å². The first-order valence-corrected chi connectivity index (χ1v) is 8.18. The number of nitrogens with zero attached hydrogens (tertiary/aromatic N) is 1. The summed E-state index contributed by atoms with van der Waals surface area (Å²) in [5, 5.41) is 0.327. The molecule has 1 heterocycles. The van der Waals surface area contributed by atoms with Crippen LogP contribution in [0, 0.1) is 0 Å². The first-order valence-electron chi connectivity index (χ1n) is 7.80. The van der Waals surface area contributed by atoms with Crippen LogP contribution >= 0.6 is 11.6 Å². The van der Waals surface area contributed by atoms with Crippen LogP contribution in [0.2, 0.25) is 0 Å². The quantitative estimate of drug-likeness (QED) is 0.568. The van der Waals surface area contributed by atoms with Gasteiger partial charge in [0.2, 0.25) is 0 Å². The normalized spacial score (nSPS) is 12.3. The van der Waals surface area contributed by atoms with E-state index in [0.29, 0.717) is 11.5 Å². The maximum atomic E-state index is 11.8. The third-order valence-corrected chi connectivity index (χ3v) is 4.52. The number of aromatic nitrogens is 1. The van der Waals surface area contributed by atoms with Gasteiger partial charge in [0.05, 0.1) is 11.2 Å². The summed E-state index contributed by atoms with van der Waals surface area (Å²) < 4.78 is 0.